The van der Waals surface area contributed by atoms with Crippen LogP contribution in [0.5, 0.6) is 0 Å². The third-order valence-corrected chi connectivity index (χ3v) is 4.58. The van der Waals surface area contributed by atoms with Crippen molar-refractivity contribution in [3.63, 3.8) is 0 Å². The molecule has 1 aliphatic heterocycles. The van der Waals surface area contributed by atoms with Gasteiger partial charge >= 0.3 is 0 Å². The van der Waals surface area contributed by atoms with Crippen LogP contribution in [0, 0.1) is 0 Å². The highest BCUT2D eigenvalue weighted by atomic mass is 16.3. The van der Waals surface area contributed by atoms with E-state index < -0.39 is 0 Å². The van der Waals surface area contributed by atoms with E-state index in [4.69, 9.17) is 0 Å². The molecule has 3 nitrogen and oxygen atoms in total. The van der Waals surface area contributed by atoms with Crippen LogP contribution in [-0.4, -0.2) is 28.9 Å². The van der Waals surface area contributed by atoms with E-state index in [-0.39, 0.29) is 18.2 Å². The minimum Gasteiger partial charge on any atom is -0.391 e. The number of rotatable bonds is 1. The van der Waals surface area contributed by atoms with Crippen LogP contribution in [0.15, 0.2) is 24.3 Å². The summed E-state index contributed by atoms with van der Waals surface area (Å²) in [6, 6.07) is 8.35. The average molecular weight is 261 g/mol. The second kappa shape index (κ2) is 5.51. The Balaban J connectivity index is 1.94. The molecule has 2 N–H and O–H groups in total. The van der Waals surface area contributed by atoms with E-state index in [1.54, 1.807) is 0 Å². The molecule has 0 amide bonds. The molecule has 19 heavy (non-hydrogen) atoms. The molecule has 0 radical (unpaired) electrons. The number of nitrogens with zero attached hydrogens (tertiary/aromatic N) is 1. The zero-order valence-electron chi connectivity index (χ0n) is 11.3. The van der Waals surface area contributed by atoms with Crippen molar-refractivity contribution in [3.8, 4) is 0 Å². The minimum atomic E-state index is -0.359. The average Bonchev–Trinajstić information content (AvgIpc) is 2.60. The van der Waals surface area contributed by atoms with Crippen LogP contribution in [0.1, 0.15) is 50.2 Å². The van der Waals surface area contributed by atoms with Crippen molar-refractivity contribution in [1.82, 2.24) is 0 Å². The lowest BCUT2D eigenvalue weighted by Crippen LogP contribution is -2.46. The van der Waals surface area contributed by atoms with E-state index >= 15 is 0 Å². The molecular formula is C16H23NO2. The van der Waals surface area contributed by atoms with Gasteiger partial charge in [0.05, 0.1) is 18.2 Å². The Hall–Kier alpha value is -1.06. The molecule has 3 unspecified atom stereocenters. The lowest BCUT2D eigenvalue weighted by molar-refractivity contribution is 0.104. The minimum absolute atomic E-state index is 0.222. The summed E-state index contributed by atoms with van der Waals surface area (Å²) >= 11 is 0. The van der Waals surface area contributed by atoms with Crippen LogP contribution in [-0.2, 0) is 0 Å². The highest BCUT2D eigenvalue weighted by Crippen LogP contribution is 2.36. The molecule has 1 saturated carbocycles. The van der Waals surface area contributed by atoms with Crippen LogP contribution in [0.2, 0.25) is 0 Å². The first kappa shape index (κ1) is 12.9. The Bertz CT molecular complexity index is 435. The molecule has 1 aliphatic carbocycles. The first-order valence-electron chi connectivity index (χ1n) is 7.49. The molecule has 1 aromatic carbocycles. The molecule has 0 spiro atoms. The maximum atomic E-state index is 10.3. The van der Waals surface area contributed by atoms with Crippen LogP contribution in [0.3, 0.4) is 0 Å². The quantitative estimate of drug-likeness (QED) is 0.816. The van der Waals surface area contributed by atoms with Gasteiger partial charge in [0.25, 0.3) is 0 Å². The topological polar surface area (TPSA) is 43.7 Å². The van der Waals surface area contributed by atoms with Crippen molar-refractivity contribution < 1.29 is 10.2 Å². The molecule has 104 valence electrons. The molecular weight excluding hydrogens is 238 g/mol. The highest BCUT2D eigenvalue weighted by molar-refractivity contribution is 5.56. The van der Waals surface area contributed by atoms with Gasteiger partial charge in [0.1, 0.15) is 0 Å². The predicted molar refractivity (Wildman–Crippen MR) is 76.2 cm³/mol. The lowest BCUT2D eigenvalue weighted by Gasteiger charge is -2.39. The van der Waals surface area contributed by atoms with Crippen molar-refractivity contribution >= 4 is 5.69 Å². The highest BCUT2D eigenvalue weighted by Gasteiger charge is 2.32. The zero-order valence-corrected chi connectivity index (χ0v) is 11.3. The van der Waals surface area contributed by atoms with Crippen LogP contribution in [0.25, 0.3) is 0 Å². The first-order valence-corrected chi connectivity index (χ1v) is 7.49. The lowest BCUT2D eigenvalue weighted by atomic mass is 9.90. The predicted octanol–water partition coefficient (Wildman–Crippen LogP) is 2.62. The Morgan fingerprint density at radius 2 is 1.74 bits per heavy atom. The number of aliphatic hydroxyl groups excluding tert-OH is 2. The second-order valence-corrected chi connectivity index (χ2v) is 5.83. The molecule has 2 aliphatic rings. The third-order valence-electron chi connectivity index (χ3n) is 4.58. The Morgan fingerprint density at radius 1 is 0.947 bits per heavy atom. The van der Waals surface area contributed by atoms with E-state index in [1.807, 2.05) is 18.2 Å². The number of anilines is 1. The summed E-state index contributed by atoms with van der Waals surface area (Å²) < 4.78 is 0. The third kappa shape index (κ3) is 2.49. The fourth-order valence-electron chi connectivity index (χ4n) is 3.56. The molecule has 0 bridgehead atoms. The van der Waals surface area contributed by atoms with Gasteiger partial charge in [-0.1, -0.05) is 31.0 Å². The van der Waals surface area contributed by atoms with Gasteiger partial charge in [0, 0.05) is 17.8 Å². The summed E-state index contributed by atoms with van der Waals surface area (Å²) in [5.74, 6) is 0. The van der Waals surface area contributed by atoms with Crippen LogP contribution in [0.4, 0.5) is 5.69 Å². The SMILES string of the molecule is OC1CCCN(C2CCCCC2O)c2ccccc21. The van der Waals surface area contributed by atoms with Crippen LogP contribution < -0.4 is 4.90 Å². The summed E-state index contributed by atoms with van der Waals surface area (Å²) in [5, 5.41) is 20.5. The Kier molecular flexibility index (Phi) is 3.76. The van der Waals surface area contributed by atoms with Gasteiger partial charge < -0.3 is 15.1 Å². The molecule has 0 aromatic heterocycles. The van der Waals surface area contributed by atoms with Crippen molar-refractivity contribution in [2.45, 2.75) is 56.8 Å². The summed E-state index contributed by atoms with van der Waals surface area (Å²) in [6.45, 7) is 0.940. The van der Waals surface area contributed by atoms with Gasteiger partial charge in [0.15, 0.2) is 0 Å². The molecule has 1 fully saturated rings. The number of benzene rings is 1. The number of hydrogen-bond donors (Lipinski definition) is 2. The molecule has 3 atom stereocenters. The van der Waals surface area contributed by atoms with Crippen molar-refractivity contribution in [2.75, 3.05) is 11.4 Å². The first-order chi connectivity index (χ1) is 9.27. The van der Waals surface area contributed by atoms with Gasteiger partial charge in [-0.05, 0) is 31.7 Å². The van der Waals surface area contributed by atoms with Gasteiger partial charge in [-0.3, -0.25) is 0 Å². The summed E-state index contributed by atoms with van der Waals surface area (Å²) in [6.07, 6.45) is 5.52. The Morgan fingerprint density at radius 3 is 2.58 bits per heavy atom. The maximum absolute atomic E-state index is 10.3. The standard InChI is InChI=1S/C16H23NO2/c18-15-10-5-11-17(13-7-2-1-6-12(13)15)14-8-3-4-9-16(14)19/h1-2,6-7,14-16,18-19H,3-5,8-11H2. The largest absolute Gasteiger partial charge is 0.391 e. The molecule has 3 rings (SSSR count). The van der Waals surface area contributed by atoms with Gasteiger partial charge in [-0.15, -0.1) is 0 Å². The molecule has 0 saturated heterocycles. The normalized spacial score (nSPS) is 31.7. The Labute approximate surface area is 114 Å². The zero-order chi connectivity index (χ0) is 13.2. The number of fused-ring (bicyclic) bond motifs is 1. The second-order valence-electron chi connectivity index (χ2n) is 5.83. The summed E-state index contributed by atoms with van der Waals surface area (Å²) in [5.41, 5.74) is 2.15. The number of hydrogen-bond acceptors (Lipinski definition) is 3. The number of aliphatic hydroxyl groups is 2. The van der Waals surface area contributed by atoms with E-state index in [2.05, 4.69) is 11.0 Å². The van der Waals surface area contributed by atoms with Crippen molar-refractivity contribution in [3.05, 3.63) is 29.8 Å². The maximum Gasteiger partial charge on any atom is 0.0810 e. The fourth-order valence-corrected chi connectivity index (χ4v) is 3.56. The van der Waals surface area contributed by atoms with E-state index in [9.17, 15) is 10.2 Å². The summed E-state index contributed by atoms with van der Waals surface area (Å²) in [4.78, 5) is 2.34. The van der Waals surface area contributed by atoms with Gasteiger partial charge in [-0.2, -0.15) is 0 Å². The number of para-hydroxylation sites is 1. The van der Waals surface area contributed by atoms with Gasteiger partial charge in [0.2, 0.25) is 0 Å². The van der Waals surface area contributed by atoms with Crippen molar-refractivity contribution in [2.24, 2.45) is 0 Å². The van der Waals surface area contributed by atoms with Crippen molar-refractivity contribution in [1.29, 1.82) is 0 Å². The van der Waals surface area contributed by atoms with E-state index in [1.165, 1.54) is 6.42 Å². The van der Waals surface area contributed by atoms with E-state index in [0.29, 0.717) is 0 Å². The van der Waals surface area contributed by atoms with Gasteiger partial charge in [-0.25, -0.2) is 0 Å². The molecule has 1 aromatic rings. The smallest absolute Gasteiger partial charge is 0.0810 e. The fraction of sp³-hybridized carbons (Fsp3) is 0.625. The monoisotopic (exact) mass is 261 g/mol. The molecule has 3 heteroatoms. The van der Waals surface area contributed by atoms with E-state index in [0.717, 1.165) is 49.9 Å². The summed E-state index contributed by atoms with van der Waals surface area (Å²) in [7, 11) is 0. The molecule has 1 heterocycles. The van der Waals surface area contributed by atoms with Crippen LogP contribution >= 0.6 is 0 Å².